The molecule has 1 aliphatic heterocycles. The Kier molecular flexibility index (Phi) is 6.32. The number of nitrogens with zero attached hydrogens (tertiary/aromatic N) is 1. The molecule has 3 amide bonds. The van der Waals surface area contributed by atoms with Crippen molar-refractivity contribution in [1.82, 2.24) is 10.2 Å². The van der Waals surface area contributed by atoms with Crippen LogP contribution in [-0.4, -0.2) is 23.4 Å². The average molecular weight is 414 g/mol. The lowest BCUT2D eigenvalue weighted by molar-refractivity contribution is -0.133. The first-order valence-electron chi connectivity index (χ1n) is 10.6. The molecule has 1 saturated heterocycles. The molecule has 2 N–H and O–H groups in total. The summed E-state index contributed by atoms with van der Waals surface area (Å²) in [6, 6.07) is 27.4. The molecule has 0 aliphatic carbocycles. The first-order valence-corrected chi connectivity index (χ1v) is 10.6. The standard InChI is InChI=1S/C26H27N3O2/c1-19-9-8-14-22(17-19)28-26(31)27-18-25(30)29-23(20-10-4-2-5-11-20)15-16-24(29)21-12-6-3-7-13-21/h2-14,17,23-24H,15-16,18H2,1H3,(H2,27,28,31)/t23-,24?/m1/s1. The van der Waals surface area contributed by atoms with Gasteiger partial charge in [0.15, 0.2) is 0 Å². The van der Waals surface area contributed by atoms with Crippen LogP contribution in [0.1, 0.15) is 41.6 Å². The number of aryl methyl sites for hydroxylation is 1. The topological polar surface area (TPSA) is 61.4 Å². The molecule has 1 unspecified atom stereocenters. The van der Waals surface area contributed by atoms with Crippen molar-refractivity contribution in [2.45, 2.75) is 31.8 Å². The van der Waals surface area contributed by atoms with Gasteiger partial charge in [-0.1, -0.05) is 72.8 Å². The van der Waals surface area contributed by atoms with E-state index in [0.29, 0.717) is 5.69 Å². The fourth-order valence-electron chi connectivity index (χ4n) is 4.31. The zero-order chi connectivity index (χ0) is 21.6. The number of amides is 3. The number of anilines is 1. The van der Waals surface area contributed by atoms with E-state index in [2.05, 4.69) is 34.9 Å². The largest absolute Gasteiger partial charge is 0.329 e. The summed E-state index contributed by atoms with van der Waals surface area (Å²) in [5, 5.41) is 5.52. The third kappa shape index (κ3) is 4.94. The van der Waals surface area contributed by atoms with E-state index in [0.717, 1.165) is 29.5 Å². The summed E-state index contributed by atoms with van der Waals surface area (Å²) in [7, 11) is 0. The summed E-state index contributed by atoms with van der Waals surface area (Å²) in [6.45, 7) is 1.91. The number of nitrogens with one attached hydrogen (secondary N) is 2. The number of hydrogen-bond donors (Lipinski definition) is 2. The van der Waals surface area contributed by atoms with Crippen molar-refractivity contribution in [3.8, 4) is 0 Å². The zero-order valence-corrected chi connectivity index (χ0v) is 17.6. The summed E-state index contributed by atoms with van der Waals surface area (Å²) in [6.07, 6.45) is 1.79. The SMILES string of the molecule is Cc1cccc(NC(=O)NCC(=O)N2C(c3ccccc3)CC[C@@H]2c2ccccc2)c1. The fourth-order valence-corrected chi connectivity index (χ4v) is 4.31. The average Bonchev–Trinajstić information content (AvgIpc) is 3.24. The van der Waals surface area contributed by atoms with E-state index in [1.807, 2.05) is 72.5 Å². The second-order valence-electron chi connectivity index (χ2n) is 7.91. The van der Waals surface area contributed by atoms with Crippen molar-refractivity contribution in [2.75, 3.05) is 11.9 Å². The summed E-state index contributed by atoms with van der Waals surface area (Å²) < 4.78 is 0. The van der Waals surface area contributed by atoms with Crippen LogP contribution >= 0.6 is 0 Å². The first kappa shape index (κ1) is 20.7. The van der Waals surface area contributed by atoms with Crippen molar-refractivity contribution in [3.05, 3.63) is 102 Å². The molecule has 0 bridgehead atoms. The molecule has 0 saturated carbocycles. The quantitative estimate of drug-likeness (QED) is 0.602. The lowest BCUT2D eigenvalue weighted by Crippen LogP contribution is -2.42. The molecule has 1 heterocycles. The normalized spacial score (nSPS) is 17.9. The predicted molar refractivity (Wildman–Crippen MR) is 123 cm³/mol. The molecule has 0 aromatic heterocycles. The van der Waals surface area contributed by atoms with E-state index in [1.165, 1.54) is 0 Å². The molecule has 0 radical (unpaired) electrons. The van der Waals surface area contributed by atoms with Gasteiger partial charge in [-0.2, -0.15) is 0 Å². The van der Waals surface area contributed by atoms with Gasteiger partial charge in [0.2, 0.25) is 5.91 Å². The predicted octanol–water partition coefficient (Wildman–Crippen LogP) is 5.22. The molecule has 0 spiro atoms. The van der Waals surface area contributed by atoms with Gasteiger partial charge in [0.05, 0.1) is 18.6 Å². The Morgan fingerprint density at radius 2 is 1.42 bits per heavy atom. The monoisotopic (exact) mass is 413 g/mol. The molecule has 31 heavy (non-hydrogen) atoms. The Morgan fingerprint density at radius 3 is 1.97 bits per heavy atom. The van der Waals surface area contributed by atoms with Gasteiger partial charge in [-0.05, 0) is 48.6 Å². The van der Waals surface area contributed by atoms with Gasteiger partial charge in [0, 0.05) is 5.69 Å². The molecule has 3 aromatic rings. The molecular weight excluding hydrogens is 386 g/mol. The highest BCUT2D eigenvalue weighted by Gasteiger charge is 2.38. The minimum Gasteiger partial charge on any atom is -0.329 e. The molecular formula is C26H27N3O2. The Morgan fingerprint density at radius 1 is 0.839 bits per heavy atom. The molecule has 2 atom stereocenters. The molecule has 5 nitrogen and oxygen atoms in total. The Labute approximate surface area is 183 Å². The maximum atomic E-state index is 13.3. The van der Waals surface area contributed by atoms with Crippen molar-refractivity contribution >= 4 is 17.6 Å². The van der Waals surface area contributed by atoms with Gasteiger partial charge in [0.25, 0.3) is 0 Å². The maximum absolute atomic E-state index is 13.3. The van der Waals surface area contributed by atoms with E-state index >= 15 is 0 Å². The zero-order valence-electron chi connectivity index (χ0n) is 17.6. The molecule has 1 aliphatic rings. The van der Waals surface area contributed by atoms with Crippen LogP contribution in [0, 0.1) is 6.92 Å². The number of likely N-dealkylation sites (tertiary alicyclic amines) is 1. The van der Waals surface area contributed by atoms with E-state index in [-0.39, 0.29) is 30.6 Å². The summed E-state index contributed by atoms with van der Waals surface area (Å²) in [5.41, 5.74) is 4.01. The summed E-state index contributed by atoms with van der Waals surface area (Å²) in [4.78, 5) is 27.6. The van der Waals surface area contributed by atoms with Crippen LogP contribution in [0.15, 0.2) is 84.9 Å². The van der Waals surface area contributed by atoms with Gasteiger partial charge in [-0.3, -0.25) is 4.79 Å². The van der Waals surface area contributed by atoms with E-state index in [1.54, 1.807) is 0 Å². The van der Waals surface area contributed by atoms with E-state index < -0.39 is 0 Å². The number of carbonyl (C=O) groups excluding carboxylic acids is 2. The Bertz CT molecular complexity index is 989. The van der Waals surface area contributed by atoms with Crippen molar-refractivity contribution < 1.29 is 9.59 Å². The number of urea groups is 1. The Balaban J connectivity index is 1.48. The second-order valence-corrected chi connectivity index (χ2v) is 7.91. The third-order valence-electron chi connectivity index (χ3n) is 5.72. The van der Waals surface area contributed by atoms with E-state index in [4.69, 9.17) is 0 Å². The minimum absolute atomic E-state index is 0.000500. The van der Waals surface area contributed by atoms with Crippen LogP contribution in [0.5, 0.6) is 0 Å². The molecule has 4 rings (SSSR count). The minimum atomic E-state index is -0.384. The highest BCUT2D eigenvalue weighted by molar-refractivity contribution is 5.92. The highest BCUT2D eigenvalue weighted by Crippen LogP contribution is 2.43. The number of carbonyl (C=O) groups is 2. The van der Waals surface area contributed by atoms with Crippen LogP contribution in [0.4, 0.5) is 10.5 Å². The van der Waals surface area contributed by atoms with Crippen LogP contribution in [0.3, 0.4) is 0 Å². The van der Waals surface area contributed by atoms with Gasteiger partial charge in [-0.15, -0.1) is 0 Å². The van der Waals surface area contributed by atoms with Crippen LogP contribution in [0.25, 0.3) is 0 Å². The van der Waals surface area contributed by atoms with Crippen molar-refractivity contribution in [1.29, 1.82) is 0 Å². The summed E-state index contributed by atoms with van der Waals surface area (Å²) >= 11 is 0. The molecule has 1 fully saturated rings. The van der Waals surface area contributed by atoms with Crippen molar-refractivity contribution in [3.63, 3.8) is 0 Å². The smallest absolute Gasteiger partial charge is 0.319 e. The molecule has 158 valence electrons. The van der Waals surface area contributed by atoms with Crippen LogP contribution in [-0.2, 0) is 4.79 Å². The number of hydrogen-bond acceptors (Lipinski definition) is 2. The van der Waals surface area contributed by atoms with Crippen LogP contribution in [0.2, 0.25) is 0 Å². The Hall–Kier alpha value is -3.60. The van der Waals surface area contributed by atoms with Gasteiger partial charge >= 0.3 is 6.03 Å². The molecule has 3 aromatic carbocycles. The van der Waals surface area contributed by atoms with Crippen LogP contribution < -0.4 is 10.6 Å². The number of benzene rings is 3. The fraction of sp³-hybridized carbons (Fsp3) is 0.231. The first-order chi connectivity index (χ1) is 15.1. The lowest BCUT2D eigenvalue weighted by Gasteiger charge is -2.31. The molecule has 5 heteroatoms. The maximum Gasteiger partial charge on any atom is 0.319 e. The van der Waals surface area contributed by atoms with Gasteiger partial charge in [0.1, 0.15) is 0 Å². The summed E-state index contributed by atoms with van der Waals surface area (Å²) in [5.74, 6) is -0.0837. The number of rotatable bonds is 5. The second kappa shape index (κ2) is 9.47. The van der Waals surface area contributed by atoms with Gasteiger partial charge in [-0.25, -0.2) is 4.79 Å². The van der Waals surface area contributed by atoms with E-state index in [9.17, 15) is 9.59 Å². The van der Waals surface area contributed by atoms with Gasteiger partial charge < -0.3 is 15.5 Å². The highest BCUT2D eigenvalue weighted by atomic mass is 16.2. The third-order valence-corrected chi connectivity index (χ3v) is 5.72. The lowest BCUT2D eigenvalue weighted by atomic mass is 10.0. The van der Waals surface area contributed by atoms with Crippen molar-refractivity contribution in [2.24, 2.45) is 0 Å².